The highest BCUT2D eigenvalue weighted by Crippen LogP contribution is 2.26. The van der Waals surface area contributed by atoms with Gasteiger partial charge in [0.2, 0.25) is 0 Å². The molecule has 0 bridgehead atoms. The normalized spacial score (nSPS) is 11.2. The van der Waals surface area contributed by atoms with Crippen molar-refractivity contribution >= 4 is 27.5 Å². The van der Waals surface area contributed by atoms with E-state index in [1.54, 1.807) is 0 Å². The predicted molar refractivity (Wildman–Crippen MR) is 121 cm³/mol. The van der Waals surface area contributed by atoms with Crippen LogP contribution in [0.3, 0.4) is 0 Å². The molecule has 0 unspecified atom stereocenters. The Hall–Kier alpha value is -3.53. The number of carboxylic acids is 1. The second kappa shape index (κ2) is 10.4. The summed E-state index contributed by atoms with van der Waals surface area (Å²) in [4.78, 5) is 17.6. The number of hydrogen-bond donors (Lipinski definition) is 2. The number of nitrogens with one attached hydrogen (secondary N) is 1. The van der Waals surface area contributed by atoms with Crippen molar-refractivity contribution in [3.8, 4) is 0 Å². The molecule has 0 saturated carbocycles. The molecule has 0 spiro atoms. The van der Waals surface area contributed by atoms with Gasteiger partial charge < -0.3 is 10.0 Å². The van der Waals surface area contributed by atoms with Gasteiger partial charge in [-0.1, -0.05) is 43.7 Å². The summed E-state index contributed by atoms with van der Waals surface area (Å²) in [6.07, 6.45) is 2.89. The van der Waals surface area contributed by atoms with E-state index < -0.39 is 32.5 Å². The molecule has 2 N–H and O–H groups in total. The second-order valence-corrected chi connectivity index (χ2v) is 9.02. The van der Waals surface area contributed by atoms with Gasteiger partial charge in [-0.25, -0.2) is 27.0 Å². The van der Waals surface area contributed by atoms with Crippen molar-refractivity contribution in [2.24, 2.45) is 0 Å². The fourth-order valence-corrected chi connectivity index (χ4v) is 4.24. The number of hydrogen-bond acceptors (Lipinski definition) is 5. The monoisotopic (exact) mass is 475 g/mol. The van der Waals surface area contributed by atoms with Crippen molar-refractivity contribution in [1.82, 2.24) is 4.98 Å². The maximum Gasteiger partial charge on any atom is 0.339 e. The number of sulfonamides is 1. The lowest BCUT2D eigenvalue weighted by molar-refractivity contribution is 0.0697. The number of nitrogens with zero attached hydrogens (tertiary/aromatic N) is 2. The average molecular weight is 476 g/mol. The number of halogens is 2. The Morgan fingerprint density at radius 2 is 1.82 bits per heavy atom. The van der Waals surface area contributed by atoms with Gasteiger partial charge in [0.25, 0.3) is 10.0 Å². The first kappa shape index (κ1) is 24.1. The average Bonchev–Trinajstić information content (AvgIpc) is 2.79. The van der Waals surface area contributed by atoms with Crippen molar-refractivity contribution in [2.45, 2.75) is 31.2 Å². The number of anilines is 2. The van der Waals surface area contributed by atoms with Gasteiger partial charge in [0.15, 0.2) is 11.6 Å². The van der Waals surface area contributed by atoms with Crippen molar-refractivity contribution in [3.63, 3.8) is 0 Å². The smallest absolute Gasteiger partial charge is 0.339 e. The van der Waals surface area contributed by atoms with Gasteiger partial charge in [0, 0.05) is 13.1 Å². The van der Waals surface area contributed by atoms with Crippen LogP contribution in [0.1, 0.15) is 35.7 Å². The van der Waals surface area contributed by atoms with Crippen LogP contribution >= 0.6 is 0 Å². The molecule has 0 saturated heterocycles. The van der Waals surface area contributed by atoms with E-state index in [0.717, 1.165) is 30.5 Å². The first-order valence-electron chi connectivity index (χ1n) is 10.2. The third kappa shape index (κ3) is 6.04. The van der Waals surface area contributed by atoms with Gasteiger partial charge in [0.1, 0.15) is 11.4 Å². The van der Waals surface area contributed by atoms with Crippen LogP contribution in [-0.2, 0) is 16.6 Å². The highest BCUT2D eigenvalue weighted by molar-refractivity contribution is 7.92. The fraction of sp³-hybridized carbons (Fsp3) is 0.217. The molecule has 10 heteroatoms. The molecule has 3 rings (SSSR count). The number of aromatic carboxylic acids is 1. The number of aromatic nitrogens is 1. The summed E-state index contributed by atoms with van der Waals surface area (Å²) in [6, 6.07) is 12.8. The SMILES string of the molecule is CCCCN(Cc1ccccc1)c1ncc(NS(=O)(=O)c2ccc(F)c(F)c2)cc1C(=O)O. The number of rotatable bonds is 10. The largest absolute Gasteiger partial charge is 0.478 e. The van der Waals surface area contributed by atoms with E-state index in [1.807, 2.05) is 42.2 Å². The number of unbranched alkanes of at least 4 members (excludes halogenated alkanes) is 1. The van der Waals surface area contributed by atoms with Gasteiger partial charge in [-0.05, 0) is 36.2 Å². The number of pyridine rings is 1. The molecule has 0 amide bonds. The number of carboxylic acid groups (broad SMARTS) is 1. The van der Waals surface area contributed by atoms with Crippen LogP contribution in [0.25, 0.3) is 0 Å². The van der Waals surface area contributed by atoms with Crippen LogP contribution < -0.4 is 9.62 Å². The molecule has 0 aliphatic heterocycles. The quantitative estimate of drug-likeness (QED) is 0.442. The molecule has 2 aromatic carbocycles. The molecular weight excluding hydrogens is 452 g/mol. The molecule has 0 aliphatic rings. The Morgan fingerprint density at radius 1 is 1.09 bits per heavy atom. The first-order chi connectivity index (χ1) is 15.7. The van der Waals surface area contributed by atoms with E-state index in [4.69, 9.17) is 0 Å². The topological polar surface area (TPSA) is 99.6 Å². The van der Waals surface area contributed by atoms with E-state index in [-0.39, 0.29) is 17.1 Å². The maximum atomic E-state index is 13.5. The third-order valence-electron chi connectivity index (χ3n) is 4.85. The second-order valence-electron chi connectivity index (χ2n) is 7.34. The van der Waals surface area contributed by atoms with E-state index in [1.165, 1.54) is 6.20 Å². The number of benzene rings is 2. The minimum atomic E-state index is -4.29. The zero-order valence-corrected chi connectivity index (χ0v) is 18.6. The zero-order chi connectivity index (χ0) is 24.0. The van der Waals surface area contributed by atoms with Gasteiger partial charge in [0.05, 0.1) is 16.8 Å². The lowest BCUT2D eigenvalue weighted by Gasteiger charge is -2.25. The van der Waals surface area contributed by atoms with E-state index in [0.29, 0.717) is 25.2 Å². The molecule has 3 aromatic rings. The van der Waals surface area contributed by atoms with Crippen LogP contribution in [0.2, 0.25) is 0 Å². The summed E-state index contributed by atoms with van der Waals surface area (Å²) in [6.45, 7) is 3.00. The summed E-state index contributed by atoms with van der Waals surface area (Å²) in [7, 11) is -4.29. The Morgan fingerprint density at radius 3 is 2.45 bits per heavy atom. The highest BCUT2D eigenvalue weighted by atomic mass is 32.2. The van der Waals surface area contributed by atoms with Crippen LogP contribution in [-0.4, -0.2) is 31.0 Å². The molecule has 1 heterocycles. The molecule has 0 aliphatic carbocycles. The van der Waals surface area contributed by atoms with Crippen LogP contribution in [0.15, 0.2) is 65.7 Å². The van der Waals surface area contributed by atoms with Crippen LogP contribution in [0.4, 0.5) is 20.3 Å². The first-order valence-corrected chi connectivity index (χ1v) is 11.7. The summed E-state index contributed by atoms with van der Waals surface area (Å²) in [5.74, 6) is -3.57. The van der Waals surface area contributed by atoms with Crippen LogP contribution in [0, 0.1) is 11.6 Å². The third-order valence-corrected chi connectivity index (χ3v) is 6.23. The van der Waals surface area contributed by atoms with Gasteiger partial charge in [-0.15, -0.1) is 0 Å². The Kier molecular flexibility index (Phi) is 7.59. The van der Waals surface area contributed by atoms with E-state index in [2.05, 4.69) is 9.71 Å². The highest BCUT2D eigenvalue weighted by Gasteiger charge is 2.22. The predicted octanol–water partition coefficient (Wildman–Crippen LogP) is 4.67. The summed E-state index contributed by atoms with van der Waals surface area (Å²) < 4.78 is 53.9. The molecule has 0 fully saturated rings. The number of carbonyl (C=O) groups is 1. The molecule has 33 heavy (non-hydrogen) atoms. The lowest BCUT2D eigenvalue weighted by atomic mass is 10.1. The molecular formula is C23H23F2N3O4S. The van der Waals surface area contributed by atoms with Crippen molar-refractivity contribution in [3.05, 3.63) is 83.6 Å². The standard InChI is InChI=1S/C23H23F2N3O4S/c1-2-3-11-28(15-16-7-5-4-6-8-16)22-19(23(29)30)12-17(14-26-22)27-33(31,32)18-9-10-20(24)21(25)13-18/h4-10,12-14,27H,2-3,11,15H2,1H3,(H,29,30). The Labute approximate surface area is 190 Å². The lowest BCUT2D eigenvalue weighted by Crippen LogP contribution is -2.27. The molecule has 174 valence electrons. The van der Waals surface area contributed by atoms with Gasteiger partial charge in [-0.2, -0.15) is 0 Å². The van der Waals surface area contributed by atoms with Crippen molar-refractivity contribution < 1.29 is 27.1 Å². The Balaban J connectivity index is 1.94. The van der Waals surface area contributed by atoms with Crippen molar-refractivity contribution in [2.75, 3.05) is 16.2 Å². The van der Waals surface area contributed by atoms with Gasteiger partial charge >= 0.3 is 5.97 Å². The zero-order valence-electron chi connectivity index (χ0n) is 17.8. The van der Waals surface area contributed by atoms with E-state index in [9.17, 15) is 27.1 Å². The fourth-order valence-electron chi connectivity index (χ4n) is 3.19. The van der Waals surface area contributed by atoms with Crippen molar-refractivity contribution in [1.29, 1.82) is 0 Å². The molecule has 1 aromatic heterocycles. The summed E-state index contributed by atoms with van der Waals surface area (Å²) >= 11 is 0. The maximum absolute atomic E-state index is 13.5. The summed E-state index contributed by atoms with van der Waals surface area (Å²) in [5, 5.41) is 9.78. The Bertz CT molecular complexity index is 1240. The van der Waals surface area contributed by atoms with Crippen LogP contribution in [0.5, 0.6) is 0 Å². The minimum Gasteiger partial charge on any atom is -0.478 e. The minimum absolute atomic E-state index is 0.115. The molecule has 0 radical (unpaired) electrons. The summed E-state index contributed by atoms with van der Waals surface area (Å²) in [5.41, 5.74) is 0.665. The van der Waals surface area contributed by atoms with E-state index >= 15 is 0 Å². The molecule has 7 nitrogen and oxygen atoms in total. The van der Waals surface area contributed by atoms with Gasteiger partial charge in [-0.3, -0.25) is 4.72 Å². The molecule has 0 atom stereocenters.